The van der Waals surface area contributed by atoms with Gasteiger partial charge in [-0.05, 0) is 24.3 Å². The molecule has 0 saturated heterocycles. The van der Waals surface area contributed by atoms with Crippen molar-refractivity contribution in [3.8, 4) is 17.5 Å². The molecule has 0 bridgehead atoms. The lowest BCUT2D eigenvalue weighted by Crippen LogP contribution is -2.00. The van der Waals surface area contributed by atoms with Crippen molar-refractivity contribution in [2.24, 2.45) is 0 Å². The highest BCUT2D eigenvalue weighted by Crippen LogP contribution is 2.16. The summed E-state index contributed by atoms with van der Waals surface area (Å²) in [4.78, 5) is 7.93. The smallest absolute Gasteiger partial charge is 0.252 e. The average molecular weight is 270 g/mol. The Balaban J connectivity index is 1.80. The zero-order valence-corrected chi connectivity index (χ0v) is 10.1. The topological polar surface area (TPSA) is 93.4 Å². The maximum atomic E-state index is 12.8. The number of halogens is 1. The second-order valence-electron chi connectivity index (χ2n) is 3.90. The Morgan fingerprint density at radius 1 is 1.30 bits per heavy atom. The van der Waals surface area contributed by atoms with Crippen molar-refractivity contribution < 1.29 is 8.91 Å². The van der Waals surface area contributed by atoms with Gasteiger partial charge in [0.1, 0.15) is 24.8 Å². The van der Waals surface area contributed by atoms with Crippen LogP contribution in [0.5, 0.6) is 0 Å². The van der Waals surface area contributed by atoms with E-state index in [2.05, 4.69) is 20.2 Å². The molecule has 0 N–H and O–H groups in total. The summed E-state index contributed by atoms with van der Waals surface area (Å²) >= 11 is 0. The van der Waals surface area contributed by atoms with Crippen LogP contribution in [0, 0.1) is 17.1 Å². The summed E-state index contributed by atoms with van der Waals surface area (Å²) in [6.45, 7) is 0.211. The van der Waals surface area contributed by atoms with Gasteiger partial charge < -0.3 is 4.52 Å². The Bertz CT molecular complexity index is 770. The van der Waals surface area contributed by atoms with Crippen molar-refractivity contribution in [2.75, 3.05) is 0 Å². The Labute approximate surface area is 112 Å². The summed E-state index contributed by atoms with van der Waals surface area (Å²) in [6.07, 6.45) is 1.40. The van der Waals surface area contributed by atoms with Crippen LogP contribution in [0.3, 0.4) is 0 Å². The molecule has 3 rings (SSSR count). The maximum Gasteiger partial charge on any atom is 0.252 e. The van der Waals surface area contributed by atoms with Gasteiger partial charge >= 0.3 is 0 Å². The first-order chi connectivity index (χ1) is 9.74. The van der Waals surface area contributed by atoms with E-state index in [9.17, 15) is 4.39 Å². The maximum absolute atomic E-state index is 12.8. The molecule has 2 aromatic heterocycles. The van der Waals surface area contributed by atoms with Gasteiger partial charge in [0, 0.05) is 5.56 Å². The van der Waals surface area contributed by atoms with E-state index >= 15 is 0 Å². The van der Waals surface area contributed by atoms with E-state index in [0.717, 1.165) is 0 Å². The molecule has 3 aromatic rings. The number of hydrogen-bond donors (Lipinski definition) is 0. The van der Waals surface area contributed by atoms with Gasteiger partial charge in [0.2, 0.25) is 11.7 Å². The van der Waals surface area contributed by atoms with E-state index in [-0.39, 0.29) is 18.2 Å². The summed E-state index contributed by atoms with van der Waals surface area (Å²) in [5.41, 5.74) is 0.651. The monoisotopic (exact) mass is 270 g/mol. The van der Waals surface area contributed by atoms with Crippen LogP contribution < -0.4 is 0 Å². The van der Waals surface area contributed by atoms with E-state index < -0.39 is 0 Å². The van der Waals surface area contributed by atoms with Gasteiger partial charge in [-0.15, -0.1) is 5.10 Å². The molecule has 0 spiro atoms. The third-order valence-electron chi connectivity index (χ3n) is 2.50. The van der Waals surface area contributed by atoms with Crippen molar-refractivity contribution in [2.45, 2.75) is 6.54 Å². The standard InChI is InChI=1S/C12H7FN6O/c13-9-3-1-8(2-4-9)12-16-11(20-18-12)6-19-7-15-10(5-14)17-19/h1-4,7H,6H2. The third-order valence-corrected chi connectivity index (χ3v) is 2.50. The van der Waals surface area contributed by atoms with E-state index in [1.54, 1.807) is 12.1 Å². The lowest BCUT2D eigenvalue weighted by Gasteiger charge is -1.93. The van der Waals surface area contributed by atoms with Crippen LogP contribution in [-0.2, 0) is 6.54 Å². The first-order valence-corrected chi connectivity index (χ1v) is 5.62. The minimum Gasteiger partial charge on any atom is -0.337 e. The summed E-state index contributed by atoms with van der Waals surface area (Å²) in [5, 5.41) is 16.3. The molecule has 98 valence electrons. The fraction of sp³-hybridized carbons (Fsp3) is 0.0833. The number of hydrogen-bond acceptors (Lipinski definition) is 6. The van der Waals surface area contributed by atoms with Crippen LogP contribution in [0.25, 0.3) is 11.4 Å². The predicted octanol–water partition coefficient (Wildman–Crippen LogP) is 1.39. The molecule has 0 aliphatic heterocycles. The number of nitrogens with zero attached hydrogens (tertiary/aromatic N) is 6. The van der Waals surface area contributed by atoms with E-state index in [0.29, 0.717) is 17.3 Å². The molecule has 8 heteroatoms. The van der Waals surface area contributed by atoms with E-state index in [1.165, 1.54) is 23.1 Å². The highest BCUT2D eigenvalue weighted by atomic mass is 19.1. The Kier molecular flexibility index (Phi) is 2.93. The zero-order chi connectivity index (χ0) is 13.9. The molecular formula is C12H7FN6O. The normalized spacial score (nSPS) is 10.4. The fourth-order valence-corrected chi connectivity index (χ4v) is 1.60. The quantitative estimate of drug-likeness (QED) is 0.713. The minimum absolute atomic E-state index is 0.0725. The van der Waals surface area contributed by atoms with Crippen LogP contribution >= 0.6 is 0 Å². The van der Waals surface area contributed by atoms with Gasteiger partial charge in [-0.1, -0.05) is 5.16 Å². The highest BCUT2D eigenvalue weighted by Gasteiger charge is 2.10. The molecular weight excluding hydrogens is 263 g/mol. The van der Waals surface area contributed by atoms with Crippen LogP contribution in [0.4, 0.5) is 4.39 Å². The minimum atomic E-state index is -0.330. The number of aromatic nitrogens is 5. The molecule has 20 heavy (non-hydrogen) atoms. The van der Waals surface area contributed by atoms with Crippen LogP contribution in [0.1, 0.15) is 11.7 Å². The Hall–Kier alpha value is -3.08. The summed E-state index contributed by atoms with van der Waals surface area (Å²) in [5.74, 6) is 0.423. The number of rotatable bonds is 3. The SMILES string of the molecule is N#Cc1ncn(Cc2nc(-c3ccc(F)cc3)no2)n1. The second-order valence-corrected chi connectivity index (χ2v) is 3.90. The van der Waals surface area contributed by atoms with Crippen LogP contribution in [0.15, 0.2) is 35.1 Å². The molecule has 0 fully saturated rings. The third kappa shape index (κ3) is 2.37. The summed E-state index contributed by atoms with van der Waals surface area (Å²) in [6, 6.07) is 7.59. The lowest BCUT2D eigenvalue weighted by atomic mass is 10.2. The Morgan fingerprint density at radius 2 is 2.10 bits per heavy atom. The molecule has 1 aromatic carbocycles. The van der Waals surface area contributed by atoms with Crippen molar-refractivity contribution >= 4 is 0 Å². The molecule has 0 saturated carbocycles. The lowest BCUT2D eigenvalue weighted by molar-refractivity contribution is 0.366. The van der Waals surface area contributed by atoms with Gasteiger partial charge in [-0.3, -0.25) is 0 Å². The Morgan fingerprint density at radius 3 is 2.80 bits per heavy atom. The molecule has 2 heterocycles. The van der Waals surface area contributed by atoms with Gasteiger partial charge in [0.15, 0.2) is 0 Å². The molecule has 0 aliphatic carbocycles. The van der Waals surface area contributed by atoms with Crippen molar-refractivity contribution in [3.05, 3.63) is 48.1 Å². The van der Waals surface area contributed by atoms with Crippen molar-refractivity contribution in [1.82, 2.24) is 24.9 Å². The summed E-state index contributed by atoms with van der Waals surface area (Å²) < 4.78 is 19.3. The zero-order valence-electron chi connectivity index (χ0n) is 10.1. The second kappa shape index (κ2) is 4.89. The van der Waals surface area contributed by atoms with Crippen molar-refractivity contribution in [3.63, 3.8) is 0 Å². The number of nitriles is 1. The largest absolute Gasteiger partial charge is 0.337 e. The molecule has 0 aliphatic rings. The van der Waals surface area contributed by atoms with E-state index in [4.69, 9.17) is 9.78 Å². The van der Waals surface area contributed by atoms with Crippen molar-refractivity contribution in [1.29, 1.82) is 5.26 Å². The predicted molar refractivity (Wildman–Crippen MR) is 63.5 cm³/mol. The van der Waals surface area contributed by atoms with Crippen LogP contribution in [0.2, 0.25) is 0 Å². The fourth-order valence-electron chi connectivity index (χ4n) is 1.60. The summed E-state index contributed by atoms with van der Waals surface area (Å²) in [7, 11) is 0. The van der Waals surface area contributed by atoms with Gasteiger partial charge in [-0.25, -0.2) is 14.1 Å². The van der Waals surface area contributed by atoms with Gasteiger partial charge in [0.05, 0.1) is 0 Å². The first kappa shape index (κ1) is 12.0. The average Bonchev–Trinajstić information content (AvgIpc) is 3.09. The van der Waals surface area contributed by atoms with E-state index in [1.807, 2.05) is 6.07 Å². The molecule has 0 atom stereocenters. The molecule has 7 nitrogen and oxygen atoms in total. The first-order valence-electron chi connectivity index (χ1n) is 5.62. The number of benzene rings is 1. The van der Waals surface area contributed by atoms with Gasteiger partial charge in [-0.2, -0.15) is 10.2 Å². The highest BCUT2D eigenvalue weighted by molar-refractivity contribution is 5.53. The van der Waals surface area contributed by atoms with Crippen LogP contribution in [-0.4, -0.2) is 24.9 Å². The molecule has 0 amide bonds. The van der Waals surface area contributed by atoms with Gasteiger partial charge in [0.25, 0.3) is 5.82 Å². The molecule has 0 unspecified atom stereocenters. The molecule has 0 radical (unpaired) electrons.